The third-order valence-electron chi connectivity index (χ3n) is 1.66. The minimum Gasteiger partial charge on any atom is -0.481 e. The van der Waals surface area contributed by atoms with Crippen LogP contribution < -0.4 is 0 Å². The molecule has 0 saturated heterocycles. The van der Waals surface area contributed by atoms with E-state index in [0.717, 1.165) is 6.08 Å². The van der Waals surface area contributed by atoms with E-state index >= 15 is 0 Å². The molecular formula is C10H8O3. The van der Waals surface area contributed by atoms with Crippen molar-refractivity contribution < 1.29 is 14.7 Å². The summed E-state index contributed by atoms with van der Waals surface area (Å²) in [5.41, 5.74) is 0.582. The number of hydrogen-bond donors (Lipinski definition) is 1. The van der Waals surface area contributed by atoms with Crippen LogP contribution in [0.25, 0.3) is 0 Å². The minimum absolute atomic E-state index is 0.582. The van der Waals surface area contributed by atoms with Gasteiger partial charge >= 0.3 is 5.97 Å². The molecule has 3 heteroatoms. The second kappa shape index (κ2) is 4.24. The van der Waals surface area contributed by atoms with Gasteiger partial charge in [-0.25, -0.2) is 4.79 Å². The van der Waals surface area contributed by atoms with Gasteiger partial charge in [0.15, 0.2) is 0 Å². The maximum absolute atomic E-state index is 10.7. The Balaban J connectivity index is 3.02. The molecule has 0 heterocycles. The van der Waals surface area contributed by atoms with Crippen LogP contribution in [-0.2, 0) is 9.59 Å². The first-order chi connectivity index (χ1) is 6.25. The molecule has 0 saturated carbocycles. The van der Waals surface area contributed by atoms with E-state index in [9.17, 15) is 9.59 Å². The SMILES string of the molecule is O=C=CC(C(=O)O)c1ccccc1. The van der Waals surface area contributed by atoms with Crippen LogP contribution in [0.2, 0.25) is 0 Å². The van der Waals surface area contributed by atoms with Crippen molar-refractivity contribution in [2.75, 3.05) is 0 Å². The number of carbonyl (C=O) groups is 1. The predicted molar refractivity (Wildman–Crippen MR) is 47.1 cm³/mol. The number of hydrogen-bond acceptors (Lipinski definition) is 2. The largest absolute Gasteiger partial charge is 0.481 e. The zero-order valence-corrected chi connectivity index (χ0v) is 6.81. The van der Waals surface area contributed by atoms with Crippen LogP contribution in [0.4, 0.5) is 0 Å². The van der Waals surface area contributed by atoms with Crippen molar-refractivity contribution >= 4 is 11.9 Å². The second-order valence-electron chi connectivity index (χ2n) is 2.51. The lowest BCUT2D eigenvalue weighted by atomic mass is 10.00. The van der Waals surface area contributed by atoms with E-state index in [0.29, 0.717) is 5.56 Å². The number of carbonyl (C=O) groups excluding carboxylic acids is 1. The van der Waals surface area contributed by atoms with Gasteiger partial charge in [-0.2, -0.15) is 0 Å². The first kappa shape index (κ1) is 9.23. The molecule has 0 aliphatic carbocycles. The highest BCUT2D eigenvalue weighted by molar-refractivity contribution is 5.80. The van der Waals surface area contributed by atoms with Crippen molar-refractivity contribution in [2.45, 2.75) is 5.92 Å². The Labute approximate surface area is 75.3 Å². The summed E-state index contributed by atoms with van der Waals surface area (Å²) in [7, 11) is 0. The van der Waals surface area contributed by atoms with Crippen LogP contribution in [0.3, 0.4) is 0 Å². The van der Waals surface area contributed by atoms with E-state index < -0.39 is 11.9 Å². The molecule has 0 aliphatic heterocycles. The number of benzene rings is 1. The van der Waals surface area contributed by atoms with Crippen molar-refractivity contribution in [2.24, 2.45) is 0 Å². The van der Waals surface area contributed by atoms with Crippen LogP contribution >= 0.6 is 0 Å². The van der Waals surface area contributed by atoms with E-state index in [2.05, 4.69) is 0 Å². The topological polar surface area (TPSA) is 54.4 Å². The predicted octanol–water partition coefficient (Wildman–Crippen LogP) is 1.24. The van der Waals surface area contributed by atoms with E-state index in [1.807, 2.05) is 0 Å². The summed E-state index contributed by atoms with van der Waals surface area (Å²) in [6.45, 7) is 0. The number of aliphatic carboxylic acids is 1. The van der Waals surface area contributed by atoms with Gasteiger partial charge in [0.2, 0.25) is 0 Å². The normalized spacial score (nSPS) is 11.4. The average Bonchev–Trinajstić information content (AvgIpc) is 2.15. The summed E-state index contributed by atoms with van der Waals surface area (Å²) < 4.78 is 0. The Morgan fingerprint density at radius 3 is 2.46 bits per heavy atom. The molecule has 1 aromatic rings. The quantitative estimate of drug-likeness (QED) is 0.705. The Morgan fingerprint density at radius 2 is 2.00 bits per heavy atom. The Bertz CT molecular complexity index is 334. The summed E-state index contributed by atoms with van der Waals surface area (Å²) in [4.78, 5) is 20.7. The summed E-state index contributed by atoms with van der Waals surface area (Å²) in [6, 6.07) is 8.56. The number of carboxylic acids is 1. The molecule has 66 valence electrons. The van der Waals surface area contributed by atoms with E-state index in [1.165, 1.54) is 5.94 Å². The molecule has 1 unspecified atom stereocenters. The van der Waals surface area contributed by atoms with E-state index in [4.69, 9.17) is 5.11 Å². The molecule has 0 aliphatic rings. The van der Waals surface area contributed by atoms with Gasteiger partial charge in [-0.05, 0) is 5.56 Å². The smallest absolute Gasteiger partial charge is 0.315 e. The lowest BCUT2D eigenvalue weighted by Crippen LogP contribution is -2.08. The Morgan fingerprint density at radius 1 is 1.38 bits per heavy atom. The van der Waals surface area contributed by atoms with Gasteiger partial charge in [0.25, 0.3) is 0 Å². The van der Waals surface area contributed by atoms with Crippen LogP contribution in [0.15, 0.2) is 36.4 Å². The van der Waals surface area contributed by atoms with Crippen molar-refractivity contribution in [1.29, 1.82) is 0 Å². The van der Waals surface area contributed by atoms with Crippen LogP contribution in [-0.4, -0.2) is 17.0 Å². The molecule has 1 rings (SSSR count). The van der Waals surface area contributed by atoms with Gasteiger partial charge in [-0.3, -0.25) is 4.79 Å². The van der Waals surface area contributed by atoms with Gasteiger partial charge in [0.1, 0.15) is 11.9 Å². The summed E-state index contributed by atoms with van der Waals surface area (Å²) in [5, 5.41) is 8.75. The summed E-state index contributed by atoms with van der Waals surface area (Å²) in [5.74, 6) is -0.445. The molecule has 0 fully saturated rings. The molecule has 0 spiro atoms. The van der Waals surface area contributed by atoms with Crippen molar-refractivity contribution in [3.05, 3.63) is 42.0 Å². The molecule has 0 radical (unpaired) electrons. The molecule has 13 heavy (non-hydrogen) atoms. The maximum Gasteiger partial charge on any atom is 0.315 e. The minimum atomic E-state index is -1.05. The highest BCUT2D eigenvalue weighted by Crippen LogP contribution is 2.15. The molecule has 0 aromatic heterocycles. The zero-order chi connectivity index (χ0) is 9.68. The molecule has 0 bridgehead atoms. The maximum atomic E-state index is 10.7. The fraction of sp³-hybridized carbons (Fsp3) is 0.100. The molecule has 1 aromatic carbocycles. The third-order valence-corrected chi connectivity index (χ3v) is 1.66. The van der Waals surface area contributed by atoms with E-state index in [1.54, 1.807) is 30.3 Å². The fourth-order valence-electron chi connectivity index (χ4n) is 1.04. The van der Waals surface area contributed by atoms with Crippen molar-refractivity contribution in [3.63, 3.8) is 0 Å². The van der Waals surface area contributed by atoms with Crippen LogP contribution in [0, 0.1) is 0 Å². The van der Waals surface area contributed by atoms with E-state index in [-0.39, 0.29) is 0 Å². The highest BCUT2D eigenvalue weighted by atomic mass is 16.4. The van der Waals surface area contributed by atoms with Crippen LogP contribution in [0.1, 0.15) is 11.5 Å². The lowest BCUT2D eigenvalue weighted by Gasteiger charge is -2.04. The highest BCUT2D eigenvalue weighted by Gasteiger charge is 2.15. The lowest BCUT2D eigenvalue weighted by molar-refractivity contribution is -0.137. The van der Waals surface area contributed by atoms with Crippen molar-refractivity contribution in [3.8, 4) is 0 Å². The first-order valence-corrected chi connectivity index (χ1v) is 3.74. The number of carboxylic acid groups (broad SMARTS) is 1. The molecule has 3 nitrogen and oxygen atoms in total. The molecule has 0 amide bonds. The van der Waals surface area contributed by atoms with Gasteiger partial charge in [0.05, 0.1) is 0 Å². The third kappa shape index (κ3) is 2.29. The molecular weight excluding hydrogens is 168 g/mol. The summed E-state index contributed by atoms with van der Waals surface area (Å²) >= 11 is 0. The molecule has 1 atom stereocenters. The van der Waals surface area contributed by atoms with Gasteiger partial charge < -0.3 is 5.11 Å². The average molecular weight is 176 g/mol. The Kier molecular flexibility index (Phi) is 3.01. The number of rotatable bonds is 3. The monoisotopic (exact) mass is 176 g/mol. The second-order valence-corrected chi connectivity index (χ2v) is 2.51. The van der Waals surface area contributed by atoms with Crippen molar-refractivity contribution in [1.82, 2.24) is 0 Å². The van der Waals surface area contributed by atoms with Gasteiger partial charge in [-0.15, -0.1) is 0 Å². The fourth-order valence-corrected chi connectivity index (χ4v) is 1.04. The van der Waals surface area contributed by atoms with Gasteiger partial charge in [0, 0.05) is 6.08 Å². The molecule has 1 N–H and O–H groups in total. The van der Waals surface area contributed by atoms with Crippen LogP contribution in [0.5, 0.6) is 0 Å². The van der Waals surface area contributed by atoms with Gasteiger partial charge in [-0.1, -0.05) is 30.3 Å². The summed E-state index contributed by atoms with van der Waals surface area (Å²) in [6.07, 6.45) is 0.998. The standard InChI is InChI=1S/C10H8O3/c11-7-6-9(10(12)13)8-4-2-1-3-5-8/h1-6,9H,(H,12,13). The zero-order valence-electron chi connectivity index (χ0n) is 6.81. The Hall–Kier alpha value is -1.86. The first-order valence-electron chi connectivity index (χ1n) is 3.74.